The summed E-state index contributed by atoms with van der Waals surface area (Å²) in [6, 6.07) is 10.6. The Morgan fingerprint density at radius 3 is 2.33 bits per heavy atom. The van der Waals surface area contributed by atoms with Crippen molar-refractivity contribution >= 4 is 17.5 Å². The molecule has 1 N–H and O–H groups in total. The Labute approximate surface area is 192 Å². The smallest absolute Gasteiger partial charge is 0.295 e. The lowest BCUT2D eigenvalue weighted by Crippen LogP contribution is -2.47. The molecule has 1 atom stereocenters. The summed E-state index contributed by atoms with van der Waals surface area (Å²) in [7, 11) is 3.05. The summed E-state index contributed by atoms with van der Waals surface area (Å²) in [5.41, 5.74) is 0.439. The van der Waals surface area contributed by atoms with Crippen molar-refractivity contribution in [3.05, 3.63) is 66.5 Å². The summed E-state index contributed by atoms with van der Waals surface area (Å²) in [5.74, 6) is 0.592. The Morgan fingerprint density at radius 1 is 0.970 bits per heavy atom. The molecule has 174 valence electrons. The Bertz CT molecular complexity index is 1050. The number of nitrogens with zero attached hydrogens (tertiary/aromatic N) is 1. The minimum Gasteiger partial charge on any atom is -0.493 e. The van der Waals surface area contributed by atoms with Gasteiger partial charge in [0.25, 0.3) is 11.8 Å². The molecule has 0 radical (unpaired) electrons. The third-order valence-electron chi connectivity index (χ3n) is 5.87. The number of anilines is 1. The van der Waals surface area contributed by atoms with Crippen molar-refractivity contribution in [3.8, 4) is 11.5 Å². The largest absolute Gasteiger partial charge is 0.493 e. The lowest BCUT2D eigenvalue weighted by Gasteiger charge is -2.31. The van der Waals surface area contributed by atoms with E-state index in [1.54, 1.807) is 42.5 Å². The number of amides is 2. The number of ether oxygens (including phenoxy) is 2. The lowest BCUT2D eigenvalue weighted by atomic mass is 9.95. The molecular weight excluding hydrogens is 424 g/mol. The van der Waals surface area contributed by atoms with Crippen LogP contribution in [0.5, 0.6) is 11.5 Å². The van der Waals surface area contributed by atoms with E-state index in [1.807, 2.05) is 0 Å². The first-order valence-electron chi connectivity index (χ1n) is 11.0. The van der Waals surface area contributed by atoms with Gasteiger partial charge in [-0.2, -0.15) is 0 Å². The van der Waals surface area contributed by atoms with Crippen molar-refractivity contribution in [2.75, 3.05) is 19.1 Å². The highest BCUT2D eigenvalue weighted by molar-refractivity contribution is 6.08. The number of carbonyl (C=O) groups excluding carboxylic acids is 2. The summed E-state index contributed by atoms with van der Waals surface area (Å²) >= 11 is 0. The van der Waals surface area contributed by atoms with Gasteiger partial charge in [-0.15, -0.1) is 0 Å². The van der Waals surface area contributed by atoms with Crippen LogP contribution in [0.2, 0.25) is 0 Å². The Kier molecular flexibility index (Phi) is 7.02. The zero-order valence-corrected chi connectivity index (χ0v) is 18.8. The molecule has 1 saturated carbocycles. The van der Waals surface area contributed by atoms with Crippen molar-refractivity contribution in [1.29, 1.82) is 0 Å². The average molecular weight is 453 g/mol. The third-order valence-corrected chi connectivity index (χ3v) is 5.87. The molecule has 1 fully saturated rings. The molecule has 0 spiro atoms. The molecule has 0 bridgehead atoms. The predicted octanol–water partition coefficient (Wildman–Crippen LogP) is 4.73. The maximum Gasteiger partial charge on any atom is 0.295 e. The maximum absolute atomic E-state index is 13.6. The van der Waals surface area contributed by atoms with Crippen molar-refractivity contribution in [3.63, 3.8) is 0 Å². The van der Waals surface area contributed by atoms with E-state index in [9.17, 15) is 9.59 Å². The molecule has 1 unspecified atom stereocenters. The van der Waals surface area contributed by atoms with Crippen LogP contribution in [-0.2, 0) is 4.79 Å². The molecule has 2 amide bonds. The fourth-order valence-corrected chi connectivity index (χ4v) is 4.22. The summed E-state index contributed by atoms with van der Waals surface area (Å²) in [4.78, 5) is 28.6. The molecule has 1 aromatic carbocycles. The summed E-state index contributed by atoms with van der Waals surface area (Å²) < 4.78 is 21.8. The second-order valence-electron chi connectivity index (χ2n) is 7.95. The molecular formula is C25H28N2O6. The number of rotatable bonds is 8. The highest BCUT2D eigenvalue weighted by atomic mass is 16.5. The van der Waals surface area contributed by atoms with Gasteiger partial charge in [0.2, 0.25) is 0 Å². The highest BCUT2D eigenvalue weighted by Gasteiger charge is 2.37. The minimum absolute atomic E-state index is 0.0645. The number of benzene rings is 1. The Hall–Kier alpha value is -3.68. The topological polar surface area (TPSA) is 94.2 Å². The number of hydrogen-bond donors (Lipinski definition) is 1. The van der Waals surface area contributed by atoms with E-state index >= 15 is 0 Å². The van der Waals surface area contributed by atoms with E-state index < -0.39 is 11.9 Å². The number of hydrogen-bond acceptors (Lipinski definition) is 6. The third kappa shape index (κ3) is 4.89. The first-order chi connectivity index (χ1) is 16.1. The zero-order valence-electron chi connectivity index (χ0n) is 18.8. The molecule has 33 heavy (non-hydrogen) atoms. The van der Waals surface area contributed by atoms with Crippen LogP contribution in [0, 0.1) is 0 Å². The summed E-state index contributed by atoms with van der Waals surface area (Å²) in [6.45, 7) is 0. The van der Waals surface area contributed by atoms with Gasteiger partial charge < -0.3 is 23.6 Å². The normalized spacial score (nSPS) is 15.0. The van der Waals surface area contributed by atoms with E-state index in [0.29, 0.717) is 22.9 Å². The molecule has 1 aliphatic carbocycles. The Morgan fingerprint density at radius 2 is 1.70 bits per heavy atom. The standard InChI is InChI=1S/C25H28N2O6/c1-30-19-13-12-18(16-22(19)31-2)27(25(29)21-11-7-15-33-21)23(20-10-6-14-32-20)24(28)26-17-8-4-3-5-9-17/h6-7,10-17,23H,3-5,8-9H2,1-2H3,(H,26,28). The van der Waals surface area contributed by atoms with E-state index in [1.165, 1.54) is 38.1 Å². The van der Waals surface area contributed by atoms with E-state index in [-0.39, 0.29) is 17.7 Å². The van der Waals surface area contributed by atoms with Crippen LogP contribution in [0.25, 0.3) is 0 Å². The first-order valence-corrected chi connectivity index (χ1v) is 11.0. The number of nitrogens with one attached hydrogen (secondary N) is 1. The van der Waals surface area contributed by atoms with Gasteiger partial charge in [-0.1, -0.05) is 19.3 Å². The first kappa shape index (κ1) is 22.5. The van der Waals surface area contributed by atoms with Gasteiger partial charge in [-0.3, -0.25) is 14.5 Å². The Balaban J connectivity index is 1.78. The average Bonchev–Trinajstić information content (AvgIpc) is 3.57. The number of furan rings is 2. The van der Waals surface area contributed by atoms with Crippen LogP contribution in [0.4, 0.5) is 5.69 Å². The van der Waals surface area contributed by atoms with Crippen LogP contribution < -0.4 is 19.7 Å². The van der Waals surface area contributed by atoms with Gasteiger partial charge in [0, 0.05) is 17.8 Å². The van der Waals surface area contributed by atoms with Crippen molar-refractivity contribution in [1.82, 2.24) is 5.32 Å². The van der Waals surface area contributed by atoms with Gasteiger partial charge in [-0.25, -0.2) is 0 Å². The van der Waals surface area contributed by atoms with Crippen LogP contribution in [0.1, 0.15) is 54.5 Å². The SMILES string of the molecule is COc1ccc(N(C(=O)c2ccco2)C(C(=O)NC2CCCCC2)c2ccco2)cc1OC. The van der Waals surface area contributed by atoms with Crippen LogP contribution in [0.15, 0.2) is 63.8 Å². The summed E-state index contributed by atoms with van der Waals surface area (Å²) in [5, 5.41) is 3.13. The fraction of sp³-hybridized carbons (Fsp3) is 0.360. The van der Waals surface area contributed by atoms with Crippen molar-refractivity contribution in [2.24, 2.45) is 0 Å². The monoisotopic (exact) mass is 452 g/mol. The molecule has 0 aliphatic heterocycles. The van der Waals surface area contributed by atoms with E-state index in [4.69, 9.17) is 18.3 Å². The molecule has 8 nitrogen and oxygen atoms in total. The van der Waals surface area contributed by atoms with Gasteiger partial charge in [0.05, 0.1) is 26.7 Å². The van der Waals surface area contributed by atoms with Crippen LogP contribution >= 0.6 is 0 Å². The lowest BCUT2D eigenvalue weighted by molar-refractivity contribution is -0.123. The van der Waals surface area contributed by atoms with Gasteiger partial charge in [-0.05, 0) is 49.2 Å². The number of methoxy groups -OCH3 is 2. The second-order valence-corrected chi connectivity index (χ2v) is 7.95. The predicted molar refractivity (Wildman–Crippen MR) is 122 cm³/mol. The second kappa shape index (κ2) is 10.3. The maximum atomic E-state index is 13.6. The molecule has 8 heteroatoms. The minimum atomic E-state index is -1.04. The van der Waals surface area contributed by atoms with E-state index in [2.05, 4.69) is 5.32 Å². The molecule has 1 aliphatic rings. The van der Waals surface area contributed by atoms with Gasteiger partial charge in [0.15, 0.2) is 23.3 Å². The quantitative estimate of drug-likeness (QED) is 0.531. The van der Waals surface area contributed by atoms with Crippen LogP contribution in [0.3, 0.4) is 0 Å². The molecule has 0 saturated heterocycles. The summed E-state index contributed by atoms with van der Waals surface area (Å²) in [6.07, 6.45) is 8.05. The highest BCUT2D eigenvalue weighted by Crippen LogP contribution is 2.36. The molecule has 2 heterocycles. The van der Waals surface area contributed by atoms with Crippen molar-refractivity contribution < 1.29 is 27.9 Å². The molecule has 4 rings (SSSR count). The molecule has 2 aromatic heterocycles. The van der Waals surface area contributed by atoms with Gasteiger partial charge >= 0.3 is 0 Å². The van der Waals surface area contributed by atoms with E-state index in [0.717, 1.165) is 25.7 Å². The van der Waals surface area contributed by atoms with Gasteiger partial charge in [0.1, 0.15) is 5.76 Å². The molecule has 3 aromatic rings. The van der Waals surface area contributed by atoms with Crippen molar-refractivity contribution in [2.45, 2.75) is 44.2 Å². The number of carbonyl (C=O) groups is 2. The fourth-order valence-electron chi connectivity index (χ4n) is 4.22. The van der Waals surface area contributed by atoms with Crippen LogP contribution in [-0.4, -0.2) is 32.1 Å². The zero-order chi connectivity index (χ0) is 23.2.